The van der Waals surface area contributed by atoms with Gasteiger partial charge in [-0.15, -0.1) is 0 Å². The van der Waals surface area contributed by atoms with E-state index in [0.717, 1.165) is 6.42 Å². The Labute approximate surface area is 159 Å². The molecule has 1 aliphatic heterocycles. The second-order valence-corrected chi connectivity index (χ2v) is 7.47. The lowest BCUT2D eigenvalue weighted by molar-refractivity contribution is -0.154. The van der Waals surface area contributed by atoms with E-state index in [0.29, 0.717) is 31.5 Å². The highest BCUT2D eigenvalue weighted by Crippen LogP contribution is 2.20. The molecule has 0 unspecified atom stereocenters. The fourth-order valence-electron chi connectivity index (χ4n) is 2.85. The van der Waals surface area contributed by atoms with Crippen molar-refractivity contribution in [3.8, 4) is 0 Å². The number of nitrogens with zero attached hydrogens (tertiary/aromatic N) is 1. The summed E-state index contributed by atoms with van der Waals surface area (Å²) < 4.78 is 18.1. The Morgan fingerprint density at radius 2 is 1.78 bits per heavy atom. The van der Waals surface area contributed by atoms with Crippen molar-refractivity contribution in [3.63, 3.8) is 0 Å². The van der Waals surface area contributed by atoms with Crippen LogP contribution in [-0.2, 0) is 14.3 Å². The van der Waals surface area contributed by atoms with Crippen LogP contribution in [-0.4, -0.2) is 47.9 Å². The van der Waals surface area contributed by atoms with Crippen molar-refractivity contribution in [1.29, 1.82) is 0 Å². The van der Waals surface area contributed by atoms with Gasteiger partial charge in [-0.3, -0.25) is 14.4 Å². The molecule has 7 heteroatoms. The second-order valence-electron chi connectivity index (χ2n) is 7.47. The molecule has 1 N–H and O–H groups in total. The number of esters is 1. The van der Waals surface area contributed by atoms with Crippen LogP contribution in [0.4, 0.5) is 4.39 Å². The lowest BCUT2D eigenvalue weighted by atomic mass is 9.96. The van der Waals surface area contributed by atoms with E-state index in [1.54, 1.807) is 4.90 Å². The molecule has 6 nitrogen and oxygen atoms in total. The third-order valence-electron chi connectivity index (χ3n) is 4.91. The van der Waals surface area contributed by atoms with Crippen LogP contribution in [0.1, 0.15) is 50.4 Å². The summed E-state index contributed by atoms with van der Waals surface area (Å²) in [6.07, 6.45) is 1.73. The molecule has 0 aromatic heterocycles. The quantitative estimate of drug-likeness (QED) is 0.772. The molecule has 0 atom stereocenters. The Morgan fingerprint density at radius 1 is 1.19 bits per heavy atom. The van der Waals surface area contributed by atoms with E-state index in [4.69, 9.17) is 4.74 Å². The molecule has 1 saturated heterocycles. The predicted molar refractivity (Wildman–Crippen MR) is 98.5 cm³/mol. The predicted octanol–water partition coefficient (Wildman–Crippen LogP) is 2.53. The van der Waals surface area contributed by atoms with Crippen LogP contribution < -0.4 is 5.32 Å². The number of halogens is 1. The van der Waals surface area contributed by atoms with Gasteiger partial charge in [0.1, 0.15) is 5.82 Å². The minimum atomic E-state index is -0.409. The zero-order chi connectivity index (χ0) is 20.0. The number of nitrogens with one attached hydrogen (secondary N) is 1. The Bertz CT molecular complexity index is 680. The molecule has 2 amide bonds. The summed E-state index contributed by atoms with van der Waals surface area (Å²) in [6.45, 7) is 6.32. The fraction of sp³-hybridized carbons (Fsp3) is 0.550. The lowest BCUT2D eigenvalue weighted by Crippen LogP contribution is -2.45. The maximum Gasteiger partial charge on any atom is 0.309 e. The van der Waals surface area contributed by atoms with Crippen LogP contribution in [0.2, 0.25) is 0 Å². The van der Waals surface area contributed by atoms with Gasteiger partial charge in [0, 0.05) is 24.2 Å². The van der Waals surface area contributed by atoms with Crippen LogP contribution >= 0.6 is 0 Å². The molecule has 0 spiro atoms. The molecule has 1 fully saturated rings. The Balaban J connectivity index is 1.77. The van der Waals surface area contributed by atoms with Crippen LogP contribution in [0.15, 0.2) is 24.3 Å². The highest BCUT2D eigenvalue weighted by Gasteiger charge is 2.29. The molecule has 148 valence electrons. The van der Waals surface area contributed by atoms with Gasteiger partial charge in [-0.25, -0.2) is 4.39 Å². The van der Waals surface area contributed by atoms with Gasteiger partial charge in [0.15, 0.2) is 6.61 Å². The van der Waals surface area contributed by atoms with Gasteiger partial charge in [-0.05, 0) is 57.4 Å². The summed E-state index contributed by atoms with van der Waals surface area (Å²) in [5.41, 5.74) is 0.0860. The fourth-order valence-corrected chi connectivity index (χ4v) is 2.85. The van der Waals surface area contributed by atoms with E-state index in [9.17, 15) is 18.8 Å². The Hall–Kier alpha value is -2.44. The molecule has 1 aromatic carbocycles. The standard InChI is InChI=1S/C20H27FN2O4/c1-4-20(2,3)22-17(24)13-27-19(26)15-9-11-23(12-10-15)18(25)14-5-7-16(21)8-6-14/h5-8,15H,4,9-13H2,1-3H3,(H,22,24). The highest BCUT2D eigenvalue weighted by atomic mass is 19.1. The second kappa shape index (κ2) is 8.97. The number of carbonyl (C=O) groups is 3. The van der Waals surface area contributed by atoms with E-state index >= 15 is 0 Å². The highest BCUT2D eigenvalue weighted by molar-refractivity contribution is 5.94. The van der Waals surface area contributed by atoms with Crippen molar-refractivity contribution < 1.29 is 23.5 Å². The largest absolute Gasteiger partial charge is 0.455 e. The van der Waals surface area contributed by atoms with Crippen molar-refractivity contribution >= 4 is 17.8 Å². The summed E-state index contributed by atoms with van der Waals surface area (Å²) in [7, 11) is 0. The lowest BCUT2D eigenvalue weighted by Gasteiger charge is -2.31. The number of rotatable bonds is 6. The molecular weight excluding hydrogens is 351 g/mol. The van der Waals surface area contributed by atoms with E-state index in [1.165, 1.54) is 24.3 Å². The average molecular weight is 378 g/mol. The first kappa shape index (κ1) is 20.9. The summed E-state index contributed by atoms with van der Waals surface area (Å²) in [5.74, 6) is -1.62. The summed E-state index contributed by atoms with van der Waals surface area (Å²) in [4.78, 5) is 38.1. The van der Waals surface area contributed by atoms with E-state index < -0.39 is 5.97 Å². The van der Waals surface area contributed by atoms with Crippen LogP contribution in [0.3, 0.4) is 0 Å². The molecule has 0 radical (unpaired) electrons. The van der Waals surface area contributed by atoms with Gasteiger partial charge < -0.3 is 15.0 Å². The van der Waals surface area contributed by atoms with E-state index in [-0.39, 0.29) is 35.7 Å². The molecule has 1 aliphatic rings. The number of piperidine rings is 1. The first-order chi connectivity index (χ1) is 12.7. The summed E-state index contributed by atoms with van der Waals surface area (Å²) in [6, 6.07) is 5.41. The maximum atomic E-state index is 13.0. The summed E-state index contributed by atoms with van der Waals surface area (Å²) in [5, 5.41) is 2.81. The smallest absolute Gasteiger partial charge is 0.309 e. The normalized spacial score (nSPS) is 15.3. The molecule has 27 heavy (non-hydrogen) atoms. The Morgan fingerprint density at radius 3 is 2.33 bits per heavy atom. The van der Waals surface area contributed by atoms with E-state index in [1.807, 2.05) is 20.8 Å². The third kappa shape index (κ3) is 6.05. The SMILES string of the molecule is CCC(C)(C)NC(=O)COC(=O)C1CCN(C(=O)c2ccc(F)cc2)CC1. The van der Waals surface area contributed by atoms with Crippen molar-refractivity contribution in [3.05, 3.63) is 35.6 Å². The van der Waals surface area contributed by atoms with Crippen molar-refractivity contribution in [2.75, 3.05) is 19.7 Å². The van der Waals surface area contributed by atoms with Crippen LogP contribution in [0.5, 0.6) is 0 Å². The molecular formula is C20H27FN2O4. The molecule has 0 saturated carbocycles. The molecule has 0 bridgehead atoms. The molecule has 0 aliphatic carbocycles. The van der Waals surface area contributed by atoms with Gasteiger partial charge in [0.25, 0.3) is 11.8 Å². The number of likely N-dealkylation sites (tertiary alicyclic amines) is 1. The number of carbonyl (C=O) groups excluding carboxylic acids is 3. The first-order valence-electron chi connectivity index (χ1n) is 9.24. The topological polar surface area (TPSA) is 75.7 Å². The summed E-state index contributed by atoms with van der Waals surface area (Å²) >= 11 is 0. The third-order valence-corrected chi connectivity index (χ3v) is 4.91. The monoisotopic (exact) mass is 378 g/mol. The maximum absolute atomic E-state index is 13.0. The number of ether oxygens (including phenoxy) is 1. The van der Waals surface area contributed by atoms with Crippen LogP contribution in [0, 0.1) is 11.7 Å². The van der Waals surface area contributed by atoms with E-state index in [2.05, 4.69) is 5.32 Å². The average Bonchev–Trinajstić information content (AvgIpc) is 2.66. The first-order valence-corrected chi connectivity index (χ1v) is 9.24. The number of amides is 2. The minimum Gasteiger partial charge on any atom is -0.455 e. The number of benzene rings is 1. The molecule has 2 rings (SSSR count). The van der Waals surface area contributed by atoms with Gasteiger partial charge >= 0.3 is 5.97 Å². The van der Waals surface area contributed by atoms with Gasteiger partial charge in [-0.1, -0.05) is 6.92 Å². The zero-order valence-electron chi connectivity index (χ0n) is 16.1. The van der Waals surface area contributed by atoms with Crippen molar-refractivity contribution in [2.45, 2.75) is 45.6 Å². The van der Waals surface area contributed by atoms with Crippen molar-refractivity contribution in [2.24, 2.45) is 5.92 Å². The number of hydrogen-bond donors (Lipinski definition) is 1. The van der Waals surface area contributed by atoms with Crippen LogP contribution in [0.25, 0.3) is 0 Å². The van der Waals surface area contributed by atoms with Gasteiger partial charge in [-0.2, -0.15) is 0 Å². The minimum absolute atomic E-state index is 0.178. The van der Waals surface area contributed by atoms with Gasteiger partial charge in [0.2, 0.25) is 0 Å². The Kier molecular flexibility index (Phi) is 6.93. The molecule has 1 heterocycles. The zero-order valence-corrected chi connectivity index (χ0v) is 16.1. The van der Waals surface area contributed by atoms with Crippen molar-refractivity contribution in [1.82, 2.24) is 10.2 Å². The number of hydrogen-bond acceptors (Lipinski definition) is 4. The molecule has 1 aromatic rings. The van der Waals surface area contributed by atoms with Gasteiger partial charge in [0.05, 0.1) is 5.92 Å².